The van der Waals surface area contributed by atoms with Gasteiger partial charge >= 0.3 is 0 Å². The van der Waals surface area contributed by atoms with Crippen molar-refractivity contribution in [1.82, 2.24) is 4.98 Å². The molecule has 21 heavy (non-hydrogen) atoms. The predicted octanol–water partition coefficient (Wildman–Crippen LogP) is 1.62. The van der Waals surface area contributed by atoms with Crippen LogP contribution in [-0.2, 0) is 4.79 Å². The van der Waals surface area contributed by atoms with E-state index in [1.54, 1.807) is 6.20 Å². The normalized spacial score (nSPS) is 34.8. The first-order chi connectivity index (χ1) is 10.3. The Morgan fingerprint density at radius 1 is 1.38 bits per heavy atom. The van der Waals surface area contributed by atoms with Gasteiger partial charge in [-0.2, -0.15) is 0 Å². The van der Waals surface area contributed by atoms with Crippen LogP contribution in [0.4, 0.5) is 5.82 Å². The molecule has 1 heterocycles. The minimum Gasteiger partial charge on any atom is -0.320 e. The smallest absolute Gasteiger partial charge is 0.229 e. The number of nitrogens with one attached hydrogen (secondary N) is 1. The second-order valence-electron chi connectivity index (χ2n) is 6.44. The number of anilines is 1. The highest BCUT2D eigenvalue weighted by molar-refractivity contribution is 5.94. The van der Waals surface area contributed by atoms with Crippen LogP contribution in [0.1, 0.15) is 24.8 Å². The van der Waals surface area contributed by atoms with Crippen LogP contribution in [-0.4, -0.2) is 17.4 Å². The summed E-state index contributed by atoms with van der Waals surface area (Å²) in [4.78, 5) is 16.6. The Bertz CT molecular complexity index is 629. The van der Waals surface area contributed by atoms with Gasteiger partial charge in [0.15, 0.2) is 0 Å². The molecule has 4 rings (SSSR count). The first-order valence-corrected chi connectivity index (χ1v) is 7.74. The molecule has 1 amide bonds. The molecule has 4 heteroatoms. The van der Waals surface area contributed by atoms with Gasteiger partial charge in [-0.05, 0) is 55.1 Å². The summed E-state index contributed by atoms with van der Waals surface area (Å²) in [5.41, 5.74) is 6.20. The molecule has 3 saturated carbocycles. The Kier molecular flexibility index (Phi) is 2.97. The quantitative estimate of drug-likeness (QED) is 0.809. The third-order valence-electron chi connectivity index (χ3n) is 5.38. The van der Waals surface area contributed by atoms with Crippen LogP contribution in [0, 0.1) is 41.4 Å². The summed E-state index contributed by atoms with van der Waals surface area (Å²) in [6.07, 6.45) is 5.70. The van der Waals surface area contributed by atoms with Crippen molar-refractivity contribution in [2.75, 3.05) is 11.9 Å². The first kappa shape index (κ1) is 12.8. The second kappa shape index (κ2) is 4.85. The molecule has 1 aromatic heterocycles. The zero-order valence-electron chi connectivity index (χ0n) is 11.9. The Morgan fingerprint density at radius 2 is 2.14 bits per heavy atom. The lowest BCUT2D eigenvalue weighted by Gasteiger charge is -2.09. The van der Waals surface area contributed by atoms with E-state index in [1.165, 1.54) is 19.3 Å². The van der Waals surface area contributed by atoms with Gasteiger partial charge in [0.05, 0.1) is 6.54 Å². The summed E-state index contributed by atoms with van der Waals surface area (Å²) in [6.45, 7) is 0.332. The molecule has 0 aliphatic heterocycles. The molecule has 3 N–H and O–H groups in total. The molecule has 4 nitrogen and oxygen atoms in total. The van der Waals surface area contributed by atoms with E-state index in [0.717, 1.165) is 17.4 Å². The van der Waals surface area contributed by atoms with Crippen LogP contribution in [0.3, 0.4) is 0 Å². The molecular weight excluding hydrogens is 262 g/mol. The third-order valence-corrected chi connectivity index (χ3v) is 5.38. The molecule has 3 aliphatic carbocycles. The van der Waals surface area contributed by atoms with Crippen LogP contribution in [0.15, 0.2) is 18.3 Å². The van der Waals surface area contributed by atoms with Crippen LogP contribution in [0.25, 0.3) is 0 Å². The van der Waals surface area contributed by atoms with Crippen molar-refractivity contribution < 1.29 is 4.79 Å². The first-order valence-electron chi connectivity index (χ1n) is 7.74. The molecule has 108 valence electrons. The Morgan fingerprint density at radius 3 is 2.86 bits per heavy atom. The topological polar surface area (TPSA) is 68.0 Å². The molecular formula is C17H19N3O. The minimum absolute atomic E-state index is 0.151. The van der Waals surface area contributed by atoms with E-state index in [1.807, 2.05) is 12.1 Å². The SMILES string of the molecule is NCC#Cc1ccnc(NC(=O)C2C3C4CCC(C4)C23)c1. The van der Waals surface area contributed by atoms with Crippen LogP contribution >= 0.6 is 0 Å². The number of nitrogens with zero attached hydrogens (tertiary/aromatic N) is 1. The number of aromatic nitrogens is 1. The molecule has 0 radical (unpaired) electrons. The van der Waals surface area contributed by atoms with Crippen molar-refractivity contribution in [3.05, 3.63) is 23.9 Å². The van der Waals surface area contributed by atoms with E-state index in [9.17, 15) is 4.79 Å². The molecule has 0 spiro atoms. The highest BCUT2D eigenvalue weighted by Crippen LogP contribution is 2.69. The second-order valence-corrected chi connectivity index (χ2v) is 6.44. The van der Waals surface area contributed by atoms with Gasteiger partial charge < -0.3 is 11.1 Å². The average molecular weight is 281 g/mol. The van der Waals surface area contributed by atoms with Gasteiger partial charge in [-0.15, -0.1) is 0 Å². The largest absolute Gasteiger partial charge is 0.320 e. The van der Waals surface area contributed by atoms with Gasteiger partial charge in [-0.25, -0.2) is 4.98 Å². The summed E-state index contributed by atoms with van der Waals surface area (Å²) in [7, 11) is 0. The molecule has 4 unspecified atom stereocenters. The molecule has 0 aromatic carbocycles. The molecule has 4 atom stereocenters. The van der Waals surface area contributed by atoms with E-state index in [4.69, 9.17) is 5.73 Å². The van der Waals surface area contributed by atoms with E-state index < -0.39 is 0 Å². The average Bonchev–Trinajstić information content (AvgIpc) is 2.94. The highest BCUT2D eigenvalue weighted by Gasteiger charge is 2.67. The minimum atomic E-state index is 0.151. The number of hydrogen-bond acceptors (Lipinski definition) is 3. The van der Waals surface area contributed by atoms with Crippen molar-refractivity contribution >= 4 is 11.7 Å². The molecule has 3 aliphatic rings. The summed E-state index contributed by atoms with van der Waals surface area (Å²) < 4.78 is 0. The molecule has 2 bridgehead atoms. The van der Waals surface area contributed by atoms with E-state index >= 15 is 0 Å². The molecule has 0 saturated heterocycles. The third kappa shape index (κ3) is 2.13. The Hall–Kier alpha value is -1.86. The van der Waals surface area contributed by atoms with Crippen LogP contribution in [0.2, 0.25) is 0 Å². The van der Waals surface area contributed by atoms with Crippen molar-refractivity contribution in [3.8, 4) is 11.8 Å². The van der Waals surface area contributed by atoms with E-state index in [-0.39, 0.29) is 11.8 Å². The molecule has 1 aromatic rings. The van der Waals surface area contributed by atoms with E-state index in [0.29, 0.717) is 24.2 Å². The number of nitrogens with two attached hydrogens (primary N) is 1. The lowest BCUT2D eigenvalue weighted by molar-refractivity contribution is -0.118. The Balaban J connectivity index is 1.44. The van der Waals surface area contributed by atoms with Crippen molar-refractivity contribution in [2.24, 2.45) is 35.3 Å². The summed E-state index contributed by atoms with van der Waals surface area (Å²) >= 11 is 0. The van der Waals surface area contributed by atoms with Crippen molar-refractivity contribution in [3.63, 3.8) is 0 Å². The van der Waals surface area contributed by atoms with E-state index in [2.05, 4.69) is 22.1 Å². The van der Waals surface area contributed by atoms with Gasteiger partial charge in [0.25, 0.3) is 0 Å². The predicted molar refractivity (Wildman–Crippen MR) is 80.1 cm³/mol. The van der Waals surface area contributed by atoms with Crippen molar-refractivity contribution in [1.29, 1.82) is 0 Å². The summed E-state index contributed by atoms with van der Waals surface area (Å²) in [6, 6.07) is 3.64. The maximum absolute atomic E-state index is 12.4. The Labute approximate surface area is 124 Å². The number of carbonyl (C=O) groups is 1. The van der Waals surface area contributed by atoms with Crippen LogP contribution < -0.4 is 11.1 Å². The number of amides is 1. The van der Waals surface area contributed by atoms with Crippen LogP contribution in [0.5, 0.6) is 0 Å². The lowest BCUT2D eigenvalue weighted by atomic mass is 10.0. The van der Waals surface area contributed by atoms with Gasteiger partial charge in [-0.3, -0.25) is 4.79 Å². The van der Waals surface area contributed by atoms with Gasteiger partial charge in [0.1, 0.15) is 5.82 Å². The fourth-order valence-corrected chi connectivity index (χ4v) is 4.61. The zero-order chi connectivity index (χ0) is 14.4. The lowest BCUT2D eigenvalue weighted by Crippen LogP contribution is -2.19. The number of carbonyl (C=O) groups excluding carboxylic acids is 1. The van der Waals surface area contributed by atoms with Gasteiger partial charge in [0, 0.05) is 17.7 Å². The monoisotopic (exact) mass is 281 g/mol. The maximum Gasteiger partial charge on any atom is 0.229 e. The zero-order valence-corrected chi connectivity index (χ0v) is 11.9. The standard InChI is InChI=1S/C17H19N3O/c18-6-1-2-10-5-7-19-13(8-10)20-17(21)16-14-11-3-4-12(9-11)15(14)16/h5,7-8,11-12,14-16H,3-4,6,9,18H2,(H,19,20,21). The van der Waals surface area contributed by atoms with Gasteiger partial charge in [0.2, 0.25) is 5.91 Å². The fourth-order valence-electron chi connectivity index (χ4n) is 4.61. The van der Waals surface area contributed by atoms with Gasteiger partial charge in [-0.1, -0.05) is 11.8 Å². The summed E-state index contributed by atoms with van der Waals surface area (Å²) in [5.74, 6) is 9.69. The number of pyridine rings is 1. The summed E-state index contributed by atoms with van der Waals surface area (Å²) in [5, 5.41) is 2.97. The number of fused-ring (bicyclic) bond motifs is 5. The molecule has 3 fully saturated rings. The number of hydrogen-bond donors (Lipinski definition) is 2. The highest BCUT2D eigenvalue weighted by atomic mass is 16.2. The maximum atomic E-state index is 12.4. The fraction of sp³-hybridized carbons (Fsp3) is 0.529. The number of rotatable bonds is 2. The van der Waals surface area contributed by atoms with Crippen molar-refractivity contribution in [2.45, 2.75) is 19.3 Å².